The number of carbonyl (C=O) groups excluding carboxylic acids is 2. The van der Waals surface area contributed by atoms with Crippen molar-refractivity contribution in [2.45, 2.75) is 19.9 Å². The first kappa shape index (κ1) is 14.8. The molecule has 3 N–H and O–H groups in total. The minimum absolute atomic E-state index is 0.121. The molecule has 0 aliphatic carbocycles. The van der Waals surface area contributed by atoms with Gasteiger partial charge >= 0.3 is 5.97 Å². The Balaban J connectivity index is 2.39. The molecule has 0 saturated carbocycles. The molecule has 0 bridgehead atoms. The Morgan fingerprint density at radius 1 is 1.43 bits per heavy atom. The number of ether oxygens (including phenoxy) is 1. The number of nitrogens with two attached hydrogens (primary N) is 1. The molecule has 0 saturated heterocycles. The van der Waals surface area contributed by atoms with Gasteiger partial charge in [-0.1, -0.05) is 0 Å². The van der Waals surface area contributed by atoms with Gasteiger partial charge in [-0.05, 0) is 32.0 Å². The van der Waals surface area contributed by atoms with Crippen molar-refractivity contribution in [3.05, 3.63) is 23.9 Å². The summed E-state index contributed by atoms with van der Waals surface area (Å²) in [5, 5.41) is 7.47. The van der Waals surface area contributed by atoms with Gasteiger partial charge in [-0.15, -0.1) is 0 Å². The average Bonchev–Trinajstić information content (AvgIpc) is 2.86. The van der Waals surface area contributed by atoms with Gasteiger partial charge in [0.1, 0.15) is 6.54 Å². The van der Waals surface area contributed by atoms with E-state index in [2.05, 4.69) is 14.9 Å². The zero-order chi connectivity index (χ0) is 15.6. The number of fused-ring (bicyclic) bond motifs is 1. The summed E-state index contributed by atoms with van der Waals surface area (Å²) in [7, 11) is 1.29. The molecule has 0 atom stereocenters. The molecule has 1 aromatic carbocycles. The Bertz CT molecular complexity index is 678. The molecule has 2 rings (SSSR count). The van der Waals surface area contributed by atoms with Crippen molar-refractivity contribution >= 4 is 28.5 Å². The average molecular weight is 290 g/mol. The van der Waals surface area contributed by atoms with Crippen LogP contribution in [0, 0.1) is 0 Å². The summed E-state index contributed by atoms with van der Waals surface area (Å²) in [6, 6.07) is 5.00. The van der Waals surface area contributed by atoms with Gasteiger partial charge in [0.25, 0.3) is 5.91 Å². The third kappa shape index (κ3) is 2.96. The largest absolute Gasteiger partial charge is 0.468 e. The number of carbonyl (C=O) groups is 2. The highest BCUT2D eigenvalue weighted by atomic mass is 16.5. The zero-order valence-electron chi connectivity index (χ0n) is 12.2. The van der Waals surface area contributed by atoms with E-state index in [-0.39, 0.29) is 24.2 Å². The van der Waals surface area contributed by atoms with E-state index in [9.17, 15) is 9.59 Å². The van der Waals surface area contributed by atoms with Gasteiger partial charge in [0, 0.05) is 17.1 Å². The van der Waals surface area contributed by atoms with Crippen LogP contribution >= 0.6 is 0 Å². The molecule has 0 aliphatic rings. The Kier molecular flexibility index (Phi) is 4.11. The fourth-order valence-corrected chi connectivity index (χ4v) is 2.02. The van der Waals surface area contributed by atoms with Crippen molar-refractivity contribution in [3.8, 4) is 0 Å². The molecule has 0 fully saturated rings. The number of H-pyrrole nitrogens is 1. The van der Waals surface area contributed by atoms with Gasteiger partial charge in [-0.25, -0.2) is 0 Å². The number of aromatic nitrogens is 2. The number of nitrogen functional groups attached to an aromatic ring is 1. The number of nitrogens with zero attached hydrogens (tertiary/aromatic N) is 2. The Morgan fingerprint density at radius 3 is 2.76 bits per heavy atom. The maximum absolute atomic E-state index is 12.6. The minimum atomic E-state index is -0.476. The minimum Gasteiger partial charge on any atom is -0.468 e. The number of methoxy groups -OCH3 is 1. The summed E-state index contributed by atoms with van der Waals surface area (Å²) in [6.45, 7) is 3.53. The number of rotatable bonds is 4. The number of benzene rings is 1. The monoisotopic (exact) mass is 290 g/mol. The van der Waals surface area contributed by atoms with Crippen molar-refractivity contribution in [1.82, 2.24) is 15.1 Å². The SMILES string of the molecule is COC(=O)CN(C(=O)c1n[nH]c2ccc(N)cc12)C(C)C. The topological polar surface area (TPSA) is 101 Å². The first-order valence-corrected chi connectivity index (χ1v) is 6.55. The lowest BCUT2D eigenvalue weighted by atomic mass is 10.1. The predicted molar refractivity (Wildman–Crippen MR) is 78.7 cm³/mol. The van der Waals surface area contributed by atoms with Gasteiger partial charge in [0.15, 0.2) is 5.69 Å². The first-order chi connectivity index (χ1) is 9.93. The Labute approximate surface area is 122 Å². The summed E-state index contributed by atoms with van der Waals surface area (Å²) >= 11 is 0. The molecular weight excluding hydrogens is 272 g/mol. The molecule has 1 amide bonds. The maximum Gasteiger partial charge on any atom is 0.325 e. The van der Waals surface area contributed by atoms with Gasteiger partial charge in [0.2, 0.25) is 0 Å². The third-order valence-electron chi connectivity index (χ3n) is 3.20. The van der Waals surface area contributed by atoms with E-state index in [1.54, 1.807) is 18.2 Å². The van der Waals surface area contributed by atoms with Crippen LogP contribution in [0.3, 0.4) is 0 Å². The molecule has 7 nitrogen and oxygen atoms in total. The summed E-state index contributed by atoms with van der Waals surface area (Å²) in [5.74, 6) is -0.816. The number of aromatic amines is 1. The van der Waals surface area contributed by atoms with E-state index < -0.39 is 5.97 Å². The van der Waals surface area contributed by atoms with Crippen molar-refractivity contribution in [2.75, 3.05) is 19.4 Å². The fourth-order valence-electron chi connectivity index (χ4n) is 2.02. The molecule has 21 heavy (non-hydrogen) atoms. The van der Waals surface area contributed by atoms with Crippen LogP contribution in [-0.2, 0) is 9.53 Å². The van der Waals surface area contributed by atoms with Crippen molar-refractivity contribution in [2.24, 2.45) is 0 Å². The van der Waals surface area contributed by atoms with Gasteiger partial charge in [0.05, 0.1) is 12.6 Å². The normalized spacial score (nSPS) is 10.9. The maximum atomic E-state index is 12.6. The molecule has 0 spiro atoms. The van der Waals surface area contributed by atoms with Crippen molar-refractivity contribution in [3.63, 3.8) is 0 Å². The Morgan fingerprint density at radius 2 is 2.14 bits per heavy atom. The number of amides is 1. The predicted octanol–water partition coefficient (Wildman–Crippen LogP) is 1.17. The summed E-state index contributed by atoms with van der Waals surface area (Å²) < 4.78 is 4.62. The van der Waals surface area contributed by atoms with Crippen LogP contribution < -0.4 is 5.73 Å². The Hall–Kier alpha value is -2.57. The van der Waals surface area contributed by atoms with Crippen molar-refractivity contribution in [1.29, 1.82) is 0 Å². The highest BCUT2D eigenvalue weighted by molar-refractivity contribution is 6.06. The van der Waals surface area contributed by atoms with Crippen LogP contribution in [0.2, 0.25) is 0 Å². The first-order valence-electron chi connectivity index (χ1n) is 6.55. The van der Waals surface area contributed by atoms with E-state index >= 15 is 0 Å². The van der Waals surface area contributed by atoms with E-state index in [0.717, 1.165) is 0 Å². The second-order valence-electron chi connectivity index (χ2n) is 4.98. The second-order valence-corrected chi connectivity index (χ2v) is 4.98. The smallest absolute Gasteiger partial charge is 0.325 e. The second kappa shape index (κ2) is 5.82. The van der Waals surface area contributed by atoms with E-state index in [1.165, 1.54) is 12.0 Å². The molecule has 0 unspecified atom stereocenters. The van der Waals surface area contributed by atoms with Crippen LogP contribution in [0.5, 0.6) is 0 Å². The van der Waals surface area contributed by atoms with Crippen LogP contribution in [0.15, 0.2) is 18.2 Å². The standard InChI is InChI=1S/C14H18N4O3/c1-8(2)18(7-12(19)21-3)14(20)13-10-6-9(15)4-5-11(10)16-17-13/h4-6,8H,7,15H2,1-3H3,(H,16,17). The fraction of sp³-hybridized carbons (Fsp3) is 0.357. The molecular formula is C14H18N4O3. The number of hydrogen-bond donors (Lipinski definition) is 2. The lowest BCUT2D eigenvalue weighted by Gasteiger charge is -2.24. The number of hydrogen-bond acceptors (Lipinski definition) is 5. The quantitative estimate of drug-likeness (QED) is 0.650. The highest BCUT2D eigenvalue weighted by Crippen LogP contribution is 2.20. The highest BCUT2D eigenvalue weighted by Gasteiger charge is 2.25. The third-order valence-corrected chi connectivity index (χ3v) is 3.20. The molecule has 0 aliphatic heterocycles. The number of anilines is 1. The van der Waals surface area contributed by atoms with E-state index in [1.807, 2.05) is 13.8 Å². The summed E-state index contributed by atoms with van der Waals surface area (Å²) in [4.78, 5) is 25.5. The lowest BCUT2D eigenvalue weighted by Crippen LogP contribution is -2.41. The molecule has 2 aromatic rings. The van der Waals surface area contributed by atoms with Gasteiger partial charge < -0.3 is 15.4 Å². The van der Waals surface area contributed by atoms with Gasteiger partial charge in [-0.2, -0.15) is 5.10 Å². The van der Waals surface area contributed by atoms with E-state index in [0.29, 0.717) is 16.6 Å². The van der Waals surface area contributed by atoms with Gasteiger partial charge in [-0.3, -0.25) is 14.7 Å². The lowest BCUT2D eigenvalue weighted by molar-refractivity contribution is -0.141. The van der Waals surface area contributed by atoms with Crippen LogP contribution in [0.25, 0.3) is 10.9 Å². The van der Waals surface area contributed by atoms with Crippen molar-refractivity contribution < 1.29 is 14.3 Å². The summed E-state index contributed by atoms with van der Waals surface area (Å²) in [6.07, 6.45) is 0. The molecule has 0 radical (unpaired) electrons. The summed E-state index contributed by atoms with van der Waals surface area (Å²) in [5.41, 5.74) is 7.26. The molecule has 1 heterocycles. The molecule has 112 valence electrons. The van der Waals surface area contributed by atoms with Crippen LogP contribution in [-0.4, -0.2) is 46.7 Å². The van der Waals surface area contributed by atoms with E-state index in [4.69, 9.17) is 5.73 Å². The molecule has 1 aromatic heterocycles. The van der Waals surface area contributed by atoms with Crippen LogP contribution in [0.4, 0.5) is 5.69 Å². The molecule has 7 heteroatoms. The van der Waals surface area contributed by atoms with Crippen LogP contribution in [0.1, 0.15) is 24.3 Å². The zero-order valence-corrected chi connectivity index (χ0v) is 12.2. The number of esters is 1. The number of nitrogens with one attached hydrogen (secondary N) is 1.